The first-order valence-corrected chi connectivity index (χ1v) is 8.20. The van der Waals surface area contributed by atoms with Gasteiger partial charge in [0.25, 0.3) is 0 Å². The number of carbonyl (C=O) groups excluding carboxylic acids is 1. The highest BCUT2D eigenvalue weighted by molar-refractivity contribution is 6.04. The maximum Gasteiger partial charge on any atom is 0.326 e. The smallest absolute Gasteiger partial charge is 0.326 e. The number of carbonyl (C=O) groups is 1. The Bertz CT molecular complexity index is 831. The Balaban J connectivity index is 1.70. The van der Waals surface area contributed by atoms with E-state index in [0.717, 1.165) is 46.7 Å². The van der Waals surface area contributed by atoms with E-state index in [9.17, 15) is 4.79 Å². The van der Waals surface area contributed by atoms with Crippen molar-refractivity contribution >= 4 is 17.4 Å². The zero-order chi connectivity index (χ0) is 16.7. The number of anilines is 1. The van der Waals surface area contributed by atoms with Crippen molar-refractivity contribution in [3.8, 4) is 5.75 Å². The lowest BCUT2D eigenvalue weighted by Gasteiger charge is -2.32. The molecular formula is C20H20N2O2. The molecule has 122 valence electrons. The van der Waals surface area contributed by atoms with Crippen LogP contribution in [0.15, 0.2) is 48.0 Å². The van der Waals surface area contributed by atoms with E-state index in [-0.39, 0.29) is 6.03 Å². The number of hydrogen-bond acceptors (Lipinski definition) is 2. The molecule has 0 saturated heterocycles. The summed E-state index contributed by atoms with van der Waals surface area (Å²) in [7, 11) is 1.65. The van der Waals surface area contributed by atoms with Gasteiger partial charge < -0.3 is 10.1 Å². The number of benzene rings is 2. The third-order valence-electron chi connectivity index (χ3n) is 4.52. The fourth-order valence-corrected chi connectivity index (χ4v) is 3.14. The fraction of sp³-hybridized carbons (Fsp3) is 0.250. The average molecular weight is 320 g/mol. The molecule has 4 nitrogen and oxygen atoms in total. The first kappa shape index (κ1) is 14.8. The van der Waals surface area contributed by atoms with Gasteiger partial charge in [-0.2, -0.15) is 0 Å². The van der Waals surface area contributed by atoms with E-state index >= 15 is 0 Å². The normalized spacial score (nSPS) is 15.9. The van der Waals surface area contributed by atoms with Gasteiger partial charge in [-0.15, -0.1) is 0 Å². The quantitative estimate of drug-likeness (QED) is 0.901. The van der Waals surface area contributed by atoms with Crippen molar-refractivity contribution < 1.29 is 9.53 Å². The van der Waals surface area contributed by atoms with Gasteiger partial charge in [0.05, 0.1) is 25.0 Å². The minimum absolute atomic E-state index is 0.0571. The molecule has 2 aromatic carbocycles. The van der Waals surface area contributed by atoms with Crippen molar-refractivity contribution in [2.45, 2.75) is 26.3 Å². The number of urea groups is 1. The molecule has 0 atom stereocenters. The Morgan fingerprint density at radius 3 is 2.54 bits per heavy atom. The van der Waals surface area contributed by atoms with Gasteiger partial charge in [0.15, 0.2) is 0 Å². The molecule has 2 amide bonds. The number of amides is 2. The van der Waals surface area contributed by atoms with Gasteiger partial charge in [-0.25, -0.2) is 4.79 Å². The third kappa shape index (κ3) is 2.64. The SMILES string of the molecule is COc1ccc(CN2C(=O)Nc3cc(C)ccc3C2=C2CC2)cc1. The number of hydrogen-bond donors (Lipinski definition) is 1. The monoisotopic (exact) mass is 320 g/mol. The van der Waals surface area contributed by atoms with Gasteiger partial charge in [-0.1, -0.05) is 24.3 Å². The van der Waals surface area contributed by atoms with E-state index in [1.54, 1.807) is 7.11 Å². The highest BCUT2D eigenvalue weighted by Crippen LogP contribution is 2.43. The van der Waals surface area contributed by atoms with Crippen LogP contribution in [0.2, 0.25) is 0 Å². The van der Waals surface area contributed by atoms with E-state index in [0.29, 0.717) is 6.54 Å². The number of ether oxygens (including phenoxy) is 1. The summed E-state index contributed by atoms with van der Waals surface area (Å²) >= 11 is 0. The lowest BCUT2D eigenvalue weighted by Crippen LogP contribution is -2.37. The topological polar surface area (TPSA) is 41.6 Å². The summed E-state index contributed by atoms with van der Waals surface area (Å²) in [5.41, 5.74) is 6.73. The Morgan fingerprint density at radius 2 is 1.88 bits per heavy atom. The molecule has 2 aromatic rings. The van der Waals surface area contributed by atoms with Crippen LogP contribution in [-0.2, 0) is 6.54 Å². The van der Waals surface area contributed by atoms with Crippen molar-refractivity contribution in [2.75, 3.05) is 12.4 Å². The van der Waals surface area contributed by atoms with Crippen LogP contribution in [0.5, 0.6) is 5.75 Å². The number of nitrogens with zero attached hydrogens (tertiary/aromatic N) is 1. The van der Waals surface area contributed by atoms with Crippen LogP contribution in [0.3, 0.4) is 0 Å². The van der Waals surface area contributed by atoms with Crippen LogP contribution in [-0.4, -0.2) is 18.0 Å². The Labute approximate surface area is 141 Å². The summed E-state index contributed by atoms with van der Waals surface area (Å²) in [5.74, 6) is 0.823. The summed E-state index contributed by atoms with van der Waals surface area (Å²) < 4.78 is 5.21. The second kappa shape index (κ2) is 5.71. The molecule has 0 spiro atoms. The first-order chi connectivity index (χ1) is 11.7. The van der Waals surface area contributed by atoms with E-state index in [1.807, 2.05) is 42.2 Å². The maximum atomic E-state index is 12.7. The van der Waals surface area contributed by atoms with Crippen molar-refractivity contribution in [1.82, 2.24) is 4.90 Å². The number of aryl methyl sites for hydroxylation is 1. The number of methoxy groups -OCH3 is 1. The van der Waals surface area contributed by atoms with Crippen molar-refractivity contribution in [2.24, 2.45) is 0 Å². The lowest BCUT2D eigenvalue weighted by atomic mass is 10.0. The predicted molar refractivity (Wildman–Crippen MR) is 94.9 cm³/mol. The number of rotatable bonds is 3. The minimum atomic E-state index is -0.0571. The van der Waals surface area contributed by atoms with Crippen LogP contribution in [0.1, 0.15) is 29.5 Å². The third-order valence-corrected chi connectivity index (χ3v) is 4.52. The molecule has 24 heavy (non-hydrogen) atoms. The van der Waals surface area contributed by atoms with Gasteiger partial charge in [0.1, 0.15) is 5.75 Å². The molecule has 0 radical (unpaired) electrons. The molecule has 2 aliphatic rings. The van der Waals surface area contributed by atoms with Crippen LogP contribution < -0.4 is 10.1 Å². The standard InChI is InChI=1S/C20H20N2O2/c1-13-3-10-17-18(11-13)21-20(23)22(19(17)15-6-7-15)12-14-4-8-16(24-2)9-5-14/h3-5,8-11H,6-7,12H2,1-2H3,(H,21,23). The molecule has 0 aromatic heterocycles. The van der Waals surface area contributed by atoms with E-state index < -0.39 is 0 Å². The molecule has 4 heteroatoms. The van der Waals surface area contributed by atoms with Crippen LogP contribution >= 0.6 is 0 Å². The molecule has 1 saturated carbocycles. The summed E-state index contributed by atoms with van der Waals surface area (Å²) in [6.45, 7) is 2.60. The number of nitrogens with one attached hydrogen (secondary N) is 1. The molecule has 1 N–H and O–H groups in total. The Kier molecular flexibility index (Phi) is 3.53. The summed E-state index contributed by atoms with van der Waals surface area (Å²) in [5, 5.41) is 3.03. The van der Waals surface area contributed by atoms with Crippen molar-refractivity contribution in [3.05, 3.63) is 64.7 Å². The maximum absolute atomic E-state index is 12.7. The summed E-state index contributed by atoms with van der Waals surface area (Å²) in [6.07, 6.45) is 2.16. The highest BCUT2D eigenvalue weighted by Gasteiger charge is 2.33. The van der Waals surface area contributed by atoms with Gasteiger partial charge >= 0.3 is 6.03 Å². The number of allylic oxidation sites excluding steroid dienone is 1. The van der Waals surface area contributed by atoms with E-state index in [1.165, 1.54) is 5.57 Å². The van der Waals surface area contributed by atoms with Gasteiger partial charge in [-0.05, 0) is 54.7 Å². The van der Waals surface area contributed by atoms with Crippen LogP contribution in [0.25, 0.3) is 5.70 Å². The van der Waals surface area contributed by atoms with Gasteiger partial charge in [0, 0.05) is 5.56 Å². The lowest BCUT2D eigenvalue weighted by molar-refractivity contribution is 0.229. The van der Waals surface area contributed by atoms with Crippen LogP contribution in [0.4, 0.5) is 10.5 Å². The molecule has 1 heterocycles. The molecule has 0 unspecified atom stereocenters. The number of fused-ring (bicyclic) bond motifs is 1. The zero-order valence-electron chi connectivity index (χ0n) is 13.9. The first-order valence-electron chi connectivity index (χ1n) is 8.20. The summed E-state index contributed by atoms with van der Waals surface area (Å²) in [6, 6.07) is 14.1. The van der Waals surface area contributed by atoms with Gasteiger partial charge in [0.2, 0.25) is 0 Å². The summed E-state index contributed by atoms with van der Waals surface area (Å²) in [4.78, 5) is 14.6. The van der Waals surface area contributed by atoms with E-state index in [2.05, 4.69) is 17.4 Å². The molecular weight excluding hydrogens is 300 g/mol. The van der Waals surface area contributed by atoms with E-state index in [4.69, 9.17) is 4.74 Å². The second-order valence-electron chi connectivity index (χ2n) is 6.37. The second-order valence-corrected chi connectivity index (χ2v) is 6.37. The average Bonchev–Trinajstić information content (AvgIpc) is 3.41. The van der Waals surface area contributed by atoms with Crippen molar-refractivity contribution in [1.29, 1.82) is 0 Å². The van der Waals surface area contributed by atoms with Gasteiger partial charge in [-0.3, -0.25) is 4.90 Å². The van der Waals surface area contributed by atoms with Crippen molar-refractivity contribution in [3.63, 3.8) is 0 Å². The molecule has 0 bridgehead atoms. The molecule has 4 rings (SSSR count). The Hall–Kier alpha value is -2.75. The Morgan fingerprint density at radius 1 is 1.12 bits per heavy atom. The zero-order valence-corrected chi connectivity index (χ0v) is 13.9. The minimum Gasteiger partial charge on any atom is -0.497 e. The molecule has 1 aliphatic carbocycles. The fourth-order valence-electron chi connectivity index (χ4n) is 3.14. The predicted octanol–water partition coefficient (Wildman–Crippen LogP) is 4.56. The highest BCUT2D eigenvalue weighted by atomic mass is 16.5. The molecule has 1 fully saturated rings. The van der Waals surface area contributed by atoms with Crippen LogP contribution in [0, 0.1) is 6.92 Å². The molecule has 1 aliphatic heterocycles. The largest absolute Gasteiger partial charge is 0.497 e.